The second kappa shape index (κ2) is 8.34. The molecule has 160 valence electrons. The lowest BCUT2D eigenvalue weighted by molar-refractivity contribution is -0.116. The van der Waals surface area contributed by atoms with Gasteiger partial charge in [-0.3, -0.25) is 9.59 Å². The van der Waals surface area contributed by atoms with Crippen molar-refractivity contribution in [1.29, 1.82) is 0 Å². The second-order valence-electron chi connectivity index (χ2n) is 6.59. The topological polar surface area (TPSA) is 144 Å². The highest BCUT2D eigenvalue weighted by atomic mass is 35.5. The van der Waals surface area contributed by atoms with Gasteiger partial charge < -0.3 is 5.32 Å². The smallest absolute Gasteiger partial charge is 0.251 e. The lowest BCUT2D eigenvalue weighted by Gasteiger charge is -2.17. The van der Waals surface area contributed by atoms with Crippen LogP contribution in [0.2, 0.25) is 5.02 Å². The molecule has 1 fully saturated rings. The molecular weight excluding hydrogens is 454 g/mol. The van der Waals surface area contributed by atoms with E-state index in [0.717, 1.165) is 5.56 Å². The average Bonchev–Trinajstić information content (AvgIpc) is 2.94. The molecule has 1 heterocycles. The molecule has 0 saturated carbocycles. The number of hydrogen-bond donors (Lipinski definition) is 2. The Bertz CT molecular complexity index is 1210. The van der Waals surface area contributed by atoms with Crippen LogP contribution in [0.3, 0.4) is 0 Å². The highest BCUT2D eigenvalue weighted by Gasteiger charge is 2.37. The zero-order chi connectivity index (χ0) is 22.1. The summed E-state index contributed by atoms with van der Waals surface area (Å²) >= 11 is 6.06. The lowest BCUT2D eigenvalue weighted by Crippen LogP contribution is -2.30. The van der Waals surface area contributed by atoms with Gasteiger partial charge in [0.25, 0.3) is 5.91 Å². The van der Waals surface area contributed by atoms with Crippen LogP contribution in [-0.4, -0.2) is 40.9 Å². The van der Waals surface area contributed by atoms with Gasteiger partial charge in [-0.05, 0) is 42.3 Å². The van der Waals surface area contributed by atoms with Gasteiger partial charge in [-0.15, -0.1) is 0 Å². The van der Waals surface area contributed by atoms with Crippen LogP contribution in [0.5, 0.6) is 0 Å². The molecule has 12 heteroatoms. The van der Waals surface area contributed by atoms with Crippen LogP contribution in [-0.2, 0) is 31.3 Å². The molecule has 0 spiro atoms. The molecule has 3 N–H and O–H groups in total. The molecule has 0 unspecified atom stereocenters. The minimum absolute atomic E-state index is 0.00427. The second-order valence-corrected chi connectivity index (χ2v) is 10.5. The van der Waals surface area contributed by atoms with E-state index in [-0.39, 0.29) is 39.9 Å². The summed E-state index contributed by atoms with van der Waals surface area (Å²) in [4.78, 5) is 24.4. The Balaban J connectivity index is 1.68. The molecule has 0 radical (unpaired) electrons. The van der Waals surface area contributed by atoms with Crippen molar-refractivity contribution >= 4 is 49.1 Å². The summed E-state index contributed by atoms with van der Waals surface area (Å²) in [5.74, 6) is -1.38. The number of nitrogens with two attached hydrogens (primary N) is 1. The maximum absolute atomic E-state index is 12.4. The monoisotopic (exact) mass is 471 g/mol. The lowest BCUT2D eigenvalue weighted by atomic mass is 10.1. The first-order chi connectivity index (χ1) is 14.0. The molecule has 3 rings (SSSR count). The third kappa shape index (κ3) is 4.81. The molecule has 2 aromatic rings. The normalized spacial score (nSPS) is 15.9. The maximum Gasteiger partial charge on any atom is 0.251 e. The fourth-order valence-corrected chi connectivity index (χ4v) is 5.16. The molecule has 0 aromatic heterocycles. The van der Waals surface area contributed by atoms with Crippen LogP contribution >= 0.6 is 11.6 Å². The molecule has 0 bridgehead atoms. The van der Waals surface area contributed by atoms with Crippen LogP contribution in [0.15, 0.2) is 47.4 Å². The average molecular weight is 472 g/mol. The molecular formula is C18H18ClN3O6S2. The minimum atomic E-state index is -3.81. The van der Waals surface area contributed by atoms with Crippen molar-refractivity contribution in [1.82, 2.24) is 5.32 Å². The van der Waals surface area contributed by atoms with E-state index in [2.05, 4.69) is 5.32 Å². The number of hydrogen-bond acceptors (Lipinski definition) is 6. The molecule has 1 aliphatic heterocycles. The number of benzene rings is 2. The number of sulfonamides is 2. The zero-order valence-corrected chi connectivity index (χ0v) is 17.9. The number of anilines is 1. The Kier molecular flexibility index (Phi) is 6.18. The van der Waals surface area contributed by atoms with Gasteiger partial charge in [0.1, 0.15) is 0 Å². The number of primary sulfonamides is 1. The minimum Gasteiger partial charge on any atom is -0.352 e. The third-order valence-electron chi connectivity index (χ3n) is 4.46. The summed E-state index contributed by atoms with van der Waals surface area (Å²) in [7, 11) is -7.57. The summed E-state index contributed by atoms with van der Waals surface area (Å²) in [5, 5.41) is 7.77. The molecule has 2 aromatic carbocycles. The number of nitrogens with zero attached hydrogens (tertiary/aromatic N) is 1. The summed E-state index contributed by atoms with van der Waals surface area (Å²) in [5.41, 5.74) is 0.882. The first-order valence-corrected chi connectivity index (χ1v) is 12.3. The van der Waals surface area contributed by atoms with Gasteiger partial charge >= 0.3 is 0 Å². The van der Waals surface area contributed by atoms with Crippen molar-refractivity contribution in [2.45, 2.75) is 17.7 Å². The van der Waals surface area contributed by atoms with Gasteiger partial charge in [0.15, 0.2) is 0 Å². The highest BCUT2D eigenvalue weighted by molar-refractivity contribution is 7.94. The quantitative estimate of drug-likeness (QED) is 0.643. The van der Waals surface area contributed by atoms with Crippen LogP contribution < -0.4 is 14.8 Å². The summed E-state index contributed by atoms with van der Waals surface area (Å²) in [6.07, 6.45) is 0.287. The molecule has 0 atom stereocenters. The van der Waals surface area contributed by atoms with E-state index < -0.39 is 31.9 Å². The van der Waals surface area contributed by atoms with Gasteiger partial charge in [-0.1, -0.05) is 23.7 Å². The molecule has 9 nitrogen and oxygen atoms in total. The number of nitrogens with one attached hydrogen (secondary N) is 1. The first kappa shape index (κ1) is 22.2. The van der Waals surface area contributed by atoms with E-state index in [1.807, 2.05) is 0 Å². The van der Waals surface area contributed by atoms with Crippen molar-refractivity contribution in [3.63, 3.8) is 0 Å². The Morgan fingerprint density at radius 3 is 2.40 bits per heavy atom. The summed E-state index contributed by atoms with van der Waals surface area (Å²) in [6, 6.07) is 10.00. The van der Waals surface area contributed by atoms with Crippen molar-refractivity contribution in [3.05, 3.63) is 58.6 Å². The van der Waals surface area contributed by atoms with Gasteiger partial charge in [0, 0.05) is 18.5 Å². The highest BCUT2D eigenvalue weighted by Crippen LogP contribution is 2.32. The van der Waals surface area contributed by atoms with E-state index in [0.29, 0.717) is 10.7 Å². The predicted molar refractivity (Wildman–Crippen MR) is 111 cm³/mol. The fraction of sp³-hybridized carbons (Fsp3) is 0.222. The van der Waals surface area contributed by atoms with Crippen molar-refractivity contribution in [2.75, 3.05) is 16.6 Å². The SMILES string of the molecule is NS(=O)(=O)c1ccc(CCNC(=O)c2ccc(Cl)c(N3C(=O)CCS3(=O)=O)c2)cc1. The summed E-state index contributed by atoms with van der Waals surface area (Å²) < 4.78 is 47.4. The Morgan fingerprint density at radius 1 is 1.17 bits per heavy atom. The zero-order valence-electron chi connectivity index (χ0n) is 15.5. The number of carbonyl (C=O) groups is 2. The fourth-order valence-electron chi connectivity index (χ4n) is 2.93. The van der Waals surface area contributed by atoms with Gasteiger partial charge in [-0.25, -0.2) is 26.3 Å². The van der Waals surface area contributed by atoms with E-state index in [1.165, 1.54) is 30.3 Å². The molecule has 1 saturated heterocycles. The van der Waals surface area contributed by atoms with E-state index in [9.17, 15) is 26.4 Å². The number of amides is 2. The number of rotatable bonds is 6. The number of halogens is 1. The summed E-state index contributed by atoms with van der Waals surface area (Å²) in [6.45, 7) is 0.243. The maximum atomic E-state index is 12.4. The number of carbonyl (C=O) groups excluding carboxylic acids is 2. The molecule has 2 amide bonds. The van der Waals surface area contributed by atoms with Crippen molar-refractivity contribution in [3.8, 4) is 0 Å². The molecule has 0 aliphatic carbocycles. The standard InChI is InChI=1S/C18H18ClN3O6S2/c19-15-6-3-13(11-16(15)22-17(23)8-10-29(22,25)26)18(24)21-9-7-12-1-4-14(5-2-12)30(20,27)28/h1-6,11H,7-10H2,(H,21,24)(H2,20,27,28). The largest absolute Gasteiger partial charge is 0.352 e. The van der Waals surface area contributed by atoms with Crippen molar-refractivity contribution in [2.24, 2.45) is 5.14 Å². The predicted octanol–water partition coefficient (Wildman–Crippen LogP) is 1.03. The van der Waals surface area contributed by atoms with Crippen LogP contribution in [0.4, 0.5) is 5.69 Å². The molecule has 1 aliphatic rings. The Hall–Kier alpha value is -2.47. The Labute approximate surface area is 178 Å². The van der Waals surface area contributed by atoms with Gasteiger partial charge in [0.05, 0.1) is 21.4 Å². The molecule has 30 heavy (non-hydrogen) atoms. The Morgan fingerprint density at radius 2 is 1.83 bits per heavy atom. The first-order valence-electron chi connectivity index (χ1n) is 8.74. The van der Waals surface area contributed by atoms with Crippen LogP contribution in [0.25, 0.3) is 0 Å². The van der Waals surface area contributed by atoms with Crippen LogP contribution in [0.1, 0.15) is 22.3 Å². The van der Waals surface area contributed by atoms with Crippen molar-refractivity contribution < 1.29 is 26.4 Å². The van der Waals surface area contributed by atoms with Gasteiger partial charge in [-0.2, -0.15) is 0 Å². The van der Waals surface area contributed by atoms with Crippen LogP contribution in [0, 0.1) is 0 Å². The third-order valence-corrected chi connectivity index (χ3v) is 7.38. The van der Waals surface area contributed by atoms with E-state index >= 15 is 0 Å². The van der Waals surface area contributed by atoms with E-state index in [1.54, 1.807) is 12.1 Å². The van der Waals surface area contributed by atoms with Gasteiger partial charge in [0.2, 0.25) is 26.0 Å². The van der Waals surface area contributed by atoms with E-state index in [4.69, 9.17) is 16.7 Å².